The van der Waals surface area contributed by atoms with Gasteiger partial charge >= 0.3 is 0 Å². The van der Waals surface area contributed by atoms with Gasteiger partial charge in [0, 0.05) is 29.4 Å². The number of hydrogen-bond donors (Lipinski definition) is 3. The van der Waals surface area contributed by atoms with E-state index in [0.717, 1.165) is 21.9 Å². The molecule has 0 fully saturated rings. The summed E-state index contributed by atoms with van der Waals surface area (Å²) in [5.74, 6) is 0.0239. The molecule has 126 valence electrons. The monoisotopic (exact) mass is 325 g/mol. The summed E-state index contributed by atoms with van der Waals surface area (Å²) in [4.78, 5) is 16.6. The molecule has 2 heterocycles. The van der Waals surface area contributed by atoms with Crippen molar-refractivity contribution in [2.45, 2.75) is 32.9 Å². The molecule has 0 aliphatic carbocycles. The highest BCUT2D eigenvalue weighted by Gasteiger charge is 2.21. The number of amides is 1. The minimum atomic E-state index is -0.488. The van der Waals surface area contributed by atoms with Crippen LogP contribution in [0, 0.1) is 0 Å². The Kier molecular flexibility index (Phi) is 4.15. The van der Waals surface area contributed by atoms with E-state index in [1.54, 1.807) is 0 Å². The van der Waals surface area contributed by atoms with E-state index in [1.165, 1.54) is 0 Å². The van der Waals surface area contributed by atoms with Crippen molar-refractivity contribution in [2.75, 3.05) is 11.9 Å². The number of rotatable bonds is 5. The fourth-order valence-electron chi connectivity index (χ4n) is 3.05. The lowest BCUT2D eigenvalue weighted by Gasteiger charge is -2.20. The van der Waals surface area contributed by atoms with Gasteiger partial charge in [-0.25, -0.2) is 4.98 Å². The average Bonchev–Trinajstić information content (AvgIpc) is 2.87. The normalized spacial score (nSPS) is 14.0. The Morgan fingerprint density at radius 2 is 2.00 bits per heavy atom. The van der Waals surface area contributed by atoms with Crippen molar-refractivity contribution >= 4 is 33.7 Å². The number of hydrogen-bond acceptors (Lipinski definition) is 4. The number of fused-ring (bicyclic) bond motifs is 3. The van der Waals surface area contributed by atoms with Crippen molar-refractivity contribution in [1.82, 2.24) is 9.55 Å². The molecule has 2 unspecified atom stereocenters. The molecule has 0 saturated heterocycles. The first-order valence-electron chi connectivity index (χ1n) is 8.18. The Balaban J connectivity index is 2.43. The van der Waals surface area contributed by atoms with Crippen LogP contribution in [0.25, 0.3) is 21.9 Å². The molecule has 2 atom stereocenters. The molecule has 0 aliphatic rings. The van der Waals surface area contributed by atoms with E-state index in [0.29, 0.717) is 17.9 Å². The Hall–Kier alpha value is -2.60. The summed E-state index contributed by atoms with van der Waals surface area (Å²) in [5.41, 5.74) is 14.0. The fourth-order valence-corrected chi connectivity index (χ4v) is 3.05. The van der Waals surface area contributed by atoms with Crippen LogP contribution in [0.5, 0.6) is 0 Å². The lowest BCUT2D eigenvalue weighted by atomic mass is 10.1. The zero-order valence-corrected chi connectivity index (χ0v) is 14.2. The van der Waals surface area contributed by atoms with E-state index in [2.05, 4.69) is 16.8 Å². The van der Waals surface area contributed by atoms with Gasteiger partial charge in [0.1, 0.15) is 11.5 Å². The molecule has 3 aromatic rings. The maximum absolute atomic E-state index is 11.8. The number of para-hydroxylation sites is 1. The predicted octanol–water partition coefficient (Wildman–Crippen LogP) is 2.63. The minimum Gasteiger partial charge on any atom is -0.370 e. The largest absolute Gasteiger partial charge is 0.370 e. The number of nitrogens with zero attached hydrogens (tertiary/aromatic N) is 2. The summed E-state index contributed by atoms with van der Waals surface area (Å²) >= 11 is 0. The maximum atomic E-state index is 11.8. The van der Waals surface area contributed by atoms with Crippen LogP contribution in [-0.4, -0.2) is 28.0 Å². The number of aromatic nitrogens is 2. The minimum absolute atomic E-state index is 0.0378. The van der Waals surface area contributed by atoms with Crippen LogP contribution >= 0.6 is 0 Å². The van der Waals surface area contributed by atoms with Crippen LogP contribution < -0.4 is 16.8 Å². The second kappa shape index (κ2) is 6.13. The fraction of sp³-hybridized carbons (Fsp3) is 0.333. The van der Waals surface area contributed by atoms with Gasteiger partial charge in [0.05, 0.1) is 11.1 Å². The van der Waals surface area contributed by atoms with Crippen LogP contribution in [0.3, 0.4) is 0 Å². The molecule has 1 amide bonds. The summed E-state index contributed by atoms with van der Waals surface area (Å²) in [5, 5.41) is 5.08. The van der Waals surface area contributed by atoms with Gasteiger partial charge in [-0.05, 0) is 32.9 Å². The Morgan fingerprint density at radius 1 is 1.29 bits per heavy atom. The third-order valence-electron chi connectivity index (χ3n) is 4.46. The number of benzene rings is 1. The molecule has 24 heavy (non-hydrogen) atoms. The highest BCUT2D eigenvalue weighted by atomic mass is 16.1. The van der Waals surface area contributed by atoms with E-state index in [4.69, 9.17) is 16.5 Å². The lowest BCUT2D eigenvalue weighted by Crippen LogP contribution is -2.27. The molecular weight excluding hydrogens is 302 g/mol. The summed E-state index contributed by atoms with van der Waals surface area (Å²) in [6.45, 7) is 6.67. The zero-order valence-electron chi connectivity index (χ0n) is 14.2. The van der Waals surface area contributed by atoms with E-state index in [1.807, 2.05) is 44.2 Å². The second-order valence-electron chi connectivity index (χ2n) is 6.14. The topological polar surface area (TPSA) is 99.0 Å². The molecule has 5 N–H and O–H groups in total. The molecule has 6 heteroatoms. The Bertz CT molecular complexity index is 913. The van der Waals surface area contributed by atoms with Crippen molar-refractivity contribution in [3.05, 3.63) is 35.9 Å². The van der Waals surface area contributed by atoms with E-state index >= 15 is 0 Å². The first kappa shape index (κ1) is 16.3. The quantitative estimate of drug-likeness (QED) is 0.671. The number of anilines is 1. The maximum Gasteiger partial charge on any atom is 0.252 e. The second-order valence-corrected chi connectivity index (χ2v) is 6.14. The van der Waals surface area contributed by atoms with Crippen LogP contribution in [-0.2, 0) is 0 Å². The third kappa shape index (κ3) is 2.49. The van der Waals surface area contributed by atoms with Gasteiger partial charge < -0.3 is 21.4 Å². The molecule has 2 aromatic heterocycles. The van der Waals surface area contributed by atoms with Crippen molar-refractivity contribution in [1.29, 1.82) is 0 Å². The molecule has 0 spiro atoms. The summed E-state index contributed by atoms with van der Waals surface area (Å²) in [6, 6.07) is 9.90. The molecule has 0 radical (unpaired) electrons. The molecule has 3 rings (SSSR count). The van der Waals surface area contributed by atoms with Gasteiger partial charge in [-0.15, -0.1) is 0 Å². The van der Waals surface area contributed by atoms with Crippen molar-refractivity contribution in [3.63, 3.8) is 0 Å². The number of carbonyl (C=O) groups is 1. The van der Waals surface area contributed by atoms with E-state index in [-0.39, 0.29) is 12.1 Å². The summed E-state index contributed by atoms with van der Waals surface area (Å²) < 4.78 is 2.14. The number of carbonyl (C=O) groups excluding carboxylic acids is 1. The summed E-state index contributed by atoms with van der Waals surface area (Å²) in [6.07, 6.45) is 0. The first-order chi connectivity index (χ1) is 11.5. The lowest BCUT2D eigenvalue weighted by molar-refractivity contribution is 0.100. The molecule has 6 nitrogen and oxygen atoms in total. The highest BCUT2D eigenvalue weighted by Crippen LogP contribution is 2.33. The summed E-state index contributed by atoms with van der Waals surface area (Å²) in [7, 11) is 0. The number of pyridine rings is 1. The molecule has 0 aliphatic heterocycles. The van der Waals surface area contributed by atoms with Crippen LogP contribution in [0.2, 0.25) is 0 Å². The third-order valence-corrected chi connectivity index (χ3v) is 4.46. The predicted molar refractivity (Wildman–Crippen MR) is 98.3 cm³/mol. The van der Waals surface area contributed by atoms with E-state index in [9.17, 15) is 4.79 Å². The SMILES string of the molecule is CCNc1nc2c(cc1C(N)=O)c1ccccc1n2C(C)C(C)N. The Morgan fingerprint density at radius 3 is 2.62 bits per heavy atom. The average molecular weight is 325 g/mol. The van der Waals surface area contributed by atoms with Crippen molar-refractivity contribution < 1.29 is 4.79 Å². The van der Waals surface area contributed by atoms with Gasteiger partial charge in [0.2, 0.25) is 0 Å². The number of primary amides is 1. The van der Waals surface area contributed by atoms with Crippen LogP contribution in [0.15, 0.2) is 30.3 Å². The van der Waals surface area contributed by atoms with Gasteiger partial charge in [-0.2, -0.15) is 0 Å². The van der Waals surface area contributed by atoms with Crippen LogP contribution in [0.1, 0.15) is 37.2 Å². The smallest absolute Gasteiger partial charge is 0.252 e. The first-order valence-corrected chi connectivity index (χ1v) is 8.18. The molecule has 0 bridgehead atoms. The molecule has 1 aromatic carbocycles. The number of nitrogens with two attached hydrogens (primary N) is 2. The van der Waals surface area contributed by atoms with Gasteiger partial charge in [-0.3, -0.25) is 4.79 Å². The number of nitrogens with one attached hydrogen (secondary N) is 1. The highest BCUT2D eigenvalue weighted by molar-refractivity contribution is 6.11. The van der Waals surface area contributed by atoms with Gasteiger partial charge in [0.15, 0.2) is 0 Å². The standard InChI is InChI=1S/C18H23N5O/c1-4-21-17-14(16(20)24)9-13-12-7-5-6-8-15(12)23(18(13)22-17)11(3)10(2)19/h5-11H,4,19H2,1-3H3,(H2,20,24)(H,21,22). The molecular formula is C18H23N5O. The van der Waals surface area contributed by atoms with E-state index < -0.39 is 5.91 Å². The van der Waals surface area contributed by atoms with Crippen LogP contribution in [0.4, 0.5) is 5.82 Å². The van der Waals surface area contributed by atoms with Gasteiger partial charge in [0.25, 0.3) is 5.91 Å². The van der Waals surface area contributed by atoms with Crippen molar-refractivity contribution in [3.8, 4) is 0 Å². The zero-order chi connectivity index (χ0) is 17.4. The Labute approximate surface area is 140 Å². The van der Waals surface area contributed by atoms with Gasteiger partial charge in [-0.1, -0.05) is 18.2 Å². The van der Waals surface area contributed by atoms with Crippen molar-refractivity contribution in [2.24, 2.45) is 11.5 Å². The molecule has 0 saturated carbocycles.